The minimum absolute atomic E-state index is 0.132. The van der Waals surface area contributed by atoms with Crippen LogP contribution < -0.4 is 14.8 Å². The van der Waals surface area contributed by atoms with Gasteiger partial charge in [0.2, 0.25) is 5.91 Å². The van der Waals surface area contributed by atoms with Crippen LogP contribution in [-0.4, -0.2) is 61.5 Å². The number of rotatable bonds is 12. The number of carbonyl (C=O) groups excluding carboxylic acids is 3. The molecule has 0 fully saturated rings. The van der Waals surface area contributed by atoms with Crippen molar-refractivity contribution in [2.45, 2.75) is 25.4 Å². The fourth-order valence-electron chi connectivity index (χ4n) is 4.11. The topological polar surface area (TPSA) is 129 Å². The molecule has 1 amide bonds. The molecule has 0 aliphatic heterocycles. The first-order chi connectivity index (χ1) is 20.3. The molecule has 0 saturated heterocycles. The highest BCUT2D eigenvalue weighted by atomic mass is 32.2. The second-order valence-electron chi connectivity index (χ2n) is 8.84. The third kappa shape index (κ3) is 6.94. The number of hydrogen-bond acceptors (Lipinski definition) is 10. The van der Waals surface area contributed by atoms with Crippen molar-refractivity contribution in [3.63, 3.8) is 0 Å². The van der Waals surface area contributed by atoms with Gasteiger partial charge in [-0.05, 0) is 67.9 Å². The van der Waals surface area contributed by atoms with E-state index >= 15 is 0 Å². The predicted molar refractivity (Wildman–Crippen MR) is 163 cm³/mol. The number of imidazole rings is 1. The zero-order valence-corrected chi connectivity index (χ0v) is 25.5. The number of methoxy groups -OCH3 is 3. The molecule has 2 aromatic carbocycles. The molecule has 2 heterocycles. The Morgan fingerprint density at radius 1 is 0.929 bits per heavy atom. The van der Waals surface area contributed by atoms with Crippen LogP contribution in [0.2, 0.25) is 0 Å². The zero-order valence-electron chi connectivity index (χ0n) is 23.9. The maximum Gasteiger partial charge on any atom is 0.348 e. The summed E-state index contributed by atoms with van der Waals surface area (Å²) in [5.74, 6) is 0.381. The van der Waals surface area contributed by atoms with Gasteiger partial charge in [0, 0.05) is 23.3 Å². The fourth-order valence-corrected chi connectivity index (χ4v) is 6.03. The van der Waals surface area contributed by atoms with Crippen LogP contribution in [0.1, 0.15) is 38.9 Å². The van der Waals surface area contributed by atoms with E-state index in [1.807, 2.05) is 48.5 Å². The number of thioether (sulfide) groups is 1. The summed E-state index contributed by atoms with van der Waals surface area (Å²) in [7, 11) is 4.48. The first-order valence-corrected chi connectivity index (χ1v) is 14.8. The van der Waals surface area contributed by atoms with Crippen LogP contribution in [0.5, 0.6) is 11.5 Å². The van der Waals surface area contributed by atoms with E-state index in [0.29, 0.717) is 16.5 Å². The molecule has 0 radical (unpaired) electrons. The van der Waals surface area contributed by atoms with Crippen LogP contribution in [-0.2, 0) is 14.3 Å². The number of H-pyrrole nitrogens is 1. The van der Waals surface area contributed by atoms with Gasteiger partial charge in [0.1, 0.15) is 21.4 Å². The van der Waals surface area contributed by atoms with E-state index in [0.717, 1.165) is 45.4 Å². The quantitative estimate of drug-likeness (QED) is 0.142. The third-order valence-corrected chi connectivity index (χ3v) is 8.30. The zero-order chi connectivity index (χ0) is 30.2. The first-order valence-electron chi connectivity index (χ1n) is 13.0. The van der Waals surface area contributed by atoms with Gasteiger partial charge < -0.3 is 29.2 Å². The molecule has 0 saturated carbocycles. The number of aromatic nitrogens is 2. The largest absolute Gasteiger partial charge is 0.497 e. The molecule has 0 spiro atoms. The number of ether oxygens (including phenoxy) is 4. The summed E-state index contributed by atoms with van der Waals surface area (Å²) < 4.78 is 20.6. The average Bonchev–Trinajstić information content (AvgIpc) is 3.57. The highest BCUT2D eigenvalue weighted by molar-refractivity contribution is 7.99. The van der Waals surface area contributed by atoms with Gasteiger partial charge in [0.15, 0.2) is 5.16 Å². The number of carbonyl (C=O) groups is 3. The van der Waals surface area contributed by atoms with Crippen molar-refractivity contribution >= 4 is 45.9 Å². The summed E-state index contributed by atoms with van der Waals surface area (Å²) in [6.45, 7) is 3.51. The van der Waals surface area contributed by atoms with Crippen LogP contribution in [0, 0.1) is 6.92 Å². The molecule has 0 aliphatic carbocycles. The second kappa shape index (κ2) is 14.1. The van der Waals surface area contributed by atoms with Crippen LogP contribution in [0.4, 0.5) is 5.00 Å². The Hall–Kier alpha value is -4.29. The Labute approximate surface area is 251 Å². The fraction of sp³-hybridized carbons (Fsp3) is 0.267. The van der Waals surface area contributed by atoms with E-state index in [-0.39, 0.29) is 34.4 Å². The van der Waals surface area contributed by atoms with E-state index in [1.165, 1.54) is 18.9 Å². The van der Waals surface area contributed by atoms with E-state index in [4.69, 9.17) is 23.9 Å². The Morgan fingerprint density at radius 2 is 1.55 bits per heavy atom. The van der Waals surface area contributed by atoms with Crippen molar-refractivity contribution in [1.29, 1.82) is 0 Å². The molecule has 220 valence electrons. The van der Waals surface area contributed by atoms with Crippen LogP contribution in [0.15, 0.2) is 53.7 Å². The number of benzene rings is 2. The lowest BCUT2D eigenvalue weighted by molar-refractivity contribution is -0.115. The average molecular weight is 610 g/mol. The first kappa shape index (κ1) is 30.7. The molecule has 42 heavy (non-hydrogen) atoms. The SMILES string of the molecule is CCOC(=O)c1sc(NC(=O)CCSc2nc(-c3ccc(OC)cc3)c(-c3ccc(OC)cc3)[nH]2)c(C(=O)OC)c1C. The molecule has 4 aromatic rings. The maximum absolute atomic E-state index is 12.9. The summed E-state index contributed by atoms with van der Waals surface area (Å²) in [5.41, 5.74) is 3.98. The Morgan fingerprint density at radius 3 is 2.12 bits per heavy atom. The summed E-state index contributed by atoms with van der Waals surface area (Å²) in [5, 5.41) is 3.66. The maximum atomic E-state index is 12.9. The van der Waals surface area contributed by atoms with Crippen molar-refractivity contribution < 1.29 is 33.3 Å². The molecule has 4 rings (SSSR count). The number of aromatic amines is 1. The minimum Gasteiger partial charge on any atom is -0.497 e. The van der Waals surface area contributed by atoms with Gasteiger partial charge in [-0.3, -0.25) is 4.79 Å². The summed E-state index contributed by atoms with van der Waals surface area (Å²) in [6, 6.07) is 15.3. The Bertz CT molecular complexity index is 1500. The highest BCUT2D eigenvalue weighted by Crippen LogP contribution is 2.36. The van der Waals surface area contributed by atoms with Gasteiger partial charge in [-0.2, -0.15) is 0 Å². The lowest BCUT2D eigenvalue weighted by Crippen LogP contribution is -2.14. The van der Waals surface area contributed by atoms with Crippen LogP contribution >= 0.6 is 23.1 Å². The second-order valence-corrected chi connectivity index (χ2v) is 10.9. The van der Waals surface area contributed by atoms with Gasteiger partial charge in [-0.1, -0.05) is 11.8 Å². The van der Waals surface area contributed by atoms with E-state index in [9.17, 15) is 14.4 Å². The van der Waals surface area contributed by atoms with E-state index in [1.54, 1.807) is 28.1 Å². The minimum atomic E-state index is -0.642. The summed E-state index contributed by atoms with van der Waals surface area (Å²) in [4.78, 5) is 46.1. The molecule has 0 aliphatic rings. The normalized spacial score (nSPS) is 10.7. The number of amides is 1. The third-order valence-electron chi connectivity index (χ3n) is 6.24. The Kier molecular flexibility index (Phi) is 10.3. The van der Waals surface area contributed by atoms with Crippen LogP contribution in [0.3, 0.4) is 0 Å². The van der Waals surface area contributed by atoms with Crippen molar-refractivity contribution in [2.75, 3.05) is 39.0 Å². The van der Waals surface area contributed by atoms with Crippen LogP contribution in [0.25, 0.3) is 22.5 Å². The molecule has 2 aromatic heterocycles. The monoisotopic (exact) mass is 609 g/mol. The van der Waals surface area contributed by atoms with Crippen molar-refractivity contribution in [1.82, 2.24) is 9.97 Å². The number of thiophene rings is 1. The Balaban J connectivity index is 1.50. The molecule has 10 nitrogen and oxygen atoms in total. The molecule has 12 heteroatoms. The number of esters is 2. The molecular weight excluding hydrogens is 578 g/mol. The van der Waals surface area contributed by atoms with E-state index in [2.05, 4.69) is 10.3 Å². The number of nitrogens with zero attached hydrogens (tertiary/aromatic N) is 1. The lowest BCUT2D eigenvalue weighted by atomic mass is 10.0. The van der Waals surface area contributed by atoms with Crippen molar-refractivity contribution in [3.05, 3.63) is 64.5 Å². The van der Waals surface area contributed by atoms with Gasteiger partial charge in [0.25, 0.3) is 0 Å². The molecule has 0 unspecified atom stereocenters. The summed E-state index contributed by atoms with van der Waals surface area (Å²) >= 11 is 2.39. The lowest BCUT2D eigenvalue weighted by Gasteiger charge is -2.06. The predicted octanol–water partition coefficient (Wildman–Crippen LogP) is 6.22. The summed E-state index contributed by atoms with van der Waals surface area (Å²) in [6.07, 6.45) is 0.132. The standard InChI is InChI=1S/C30H31N3O7S2/c1-6-40-29(36)26-17(2)23(28(35)39-5)27(42-26)31-22(34)15-16-41-30-32-24(18-7-11-20(37-3)12-8-18)25(33-30)19-9-13-21(38-4)14-10-19/h7-14H,6,15-16H2,1-5H3,(H,31,34)(H,32,33). The number of anilines is 1. The molecule has 2 N–H and O–H groups in total. The van der Waals surface area contributed by atoms with Gasteiger partial charge in [-0.25, -0.2) is 14.6 Å². The highest BCUT2D eigenvalue weighted by Gasteiger charge is 2.27. The van der Waals surface area contributed by atoms with Crippen molar-refractivity contribution in [3.8, 4) is 34.0 Å². The molecular formula is C30H31N3O7S2. The van der Waals surface area contributed by atoms with Gasteiger partial charge in [0.05, 0.1) is 44.9 Å². The van der Waals surface area contributed by atoms with E-state index < -0.39 is 11.9 Å². The molecule has 0 bridgehead atoms. The smallest absolute Gasteiger partial charge is 0.348 e. The van der Waals surface area contributed by atoms with Crippen molar-refractivity contribution in [2.24, 2.45) is 0 Å². The van der Waals surface area contributed by atoms with Gasteiger partial charge >= 0.3 is 11.9 Å². The number of nitrogens with one attached hydrogen (secondary N) is 2. The number of hydrogen-bond donors (Lipinski definition) is 2. The van der Waals surface area contributed by atoms with Gasteiger partial charge in [-0.15, -0.1) is 11.3 Å². The molecule has 0 atom stereocenters.